The molecule has 5 heteroatoms. The second kappa shape index (κ2) is 10.8. The second-order valence-electron chi connectivity index (χ2n) is 8.82. The van der Waals surface area contributed by atoms with Crippen molar-refractivity contribution in [1.82, 2.24) is 15.5 Å². The van der Waals surface area contributed by atoms with Crippen LogP contribution in [0.1, 0.15) is 79.6 Å². The zero-order valence-corrected chi connectivity index (χ0v) is 17.0. The van der Waals surface area contributed by atoms with Gasteiger partial charge in [-0.05, 0) is 46.0 Å². The Morgan fingerprint density at radius 1 is 1.08 bits per heavy atom. The zero-order chi connectivity index (χ0) is 18.9. The molecule has 2 N–H and O–H groups in total. The number of unbranched alkanes of at least 4 members (excludes halogenated alkanes) is 2. The molecule has 0 aromatic rings. The number of nitrogens with one attached hydrogen (secondary N) is 2. The van der Waals surface area contributed by atoms with Gasteiger partial charge in [-0.2, -0.15) is 0 Å². The van der Waals surface area contributed by atoms with Gasteiger partial charge in [0.1, 0.15) is 0 Å². The van der Waals surface area contributed by atoms with Crippen LogP contribution in [0.3, 0.4) is 0 Å². The van der Waals surface area contributed by atoms with E-state index in [9.17, 15) is 9.59 Å². The van der Waals surface area contributed by atoms with Gasteiger partial charge in [0.2, 0.25) is 11.8 Å². The predicted molar refractivity (Wildman–Crippen MR) is 103 cm³/mol. The number of hydrogen-bond donors (Lipinski definition) is 2. The van der Waals surface area contributed by atoms with E-state index in [2.05, 4.69) is 24.5 Å². The number of carbonyl (C=O) groups excluding carboxylic acids is 2. The second-order valence-corrected chi connectivity index (χ2v) is 8.82. The lowest BCUT2D eigenvalue weighted by Gasteiger charge is -2.32. The Morgan fingerprint density at radius 2 is 1.72 bits per heavy atom. The van der Waals surface area contributed by atoms with Crippen molar-refractivity contribution in [2.45, 2.75) is 91.1 Å². The molecule has 0 saturated carbocycles. The topological polar surface area (TPSA) is 61.4 Å². The summed E-state index contributed by atoms with van der Waals surface area (Å²) in [6, 6.07) is 0.198. The molecule has 0 spiro atoms. The minimum atomic E-state index is -0.0533. The third-order valence-electron chi connectivity index (χ3n) is 4.66. The molecule has 1 rings (SSSR count). The molecule has 2 amide bonds. The maximum absolute atomic E-state index is 12.3. The molecule has 1 saturated heterocycles. The first-order chi connectivity index (χ1) is 11.7. The van der Waals surface area contributed by atoms with E-state index < -0.39 is 0 Å². The number of carbonyl (C=O) groups is 2. The van der Waals surface area contributed by atoms with Crippen molar-refractivity contribution in [3.05, 3.63) is 0 Å². The Labute approximate surface area is 154 Å². The lowest BCUT2D eigenvalue weighted by atomic mass is 10.0. The smallest absolute Gasteiger partial charge is 0.234 e. The lowest BCUT2D eigenvalue weighted by molar-refractivity contribution is -0.132. The summed E-state index contributed by atoms with van der Waals surface area (Å²) in [5.74, 6) is 1.08. The lowest BCUT2D eigenvalue weighted by Crippen LogP contribution is -2.50. The zero-order valence-electron chi connectivity index (χ0n) is 17.0. The largest absolute Gasteiger partial charge is 0.352 e. The van der Waals surface area contributed by atoms with Crippen LogP contribution in [0, 0.1) is 5.92 Å². The van der Waals surface area contributed by atoms with Gasteiger partial charge in [0.15, 0.2) is 0 Å². The standard InChI is InChI=1S/C20H39N3O2/c1-16(2)9-7-6-8-10-19(25)23-13-11-17(12-14-23)22-18(24)15-21-20(3,4)5/h16-17,21H,6-15H2,1-5H3,(H,22,24). The first kappa shape index (κ1) is 21.9. The van der Waals surface area contributed by atoms with Crippen LogP contribution in [0.25, 0.3) is 0 Å². The Kier molecular flexibility index (Phi) is 9.47. The van der Waals surface area contributed by atoms with E-state index in [1.165, 1.54) is 12.8 Å². The van der Waals surface area contributed by atoms with Gasteiger partial charge in [-0.3, -0.25) is 9.59 Å². The van der Waals surface area contributed by atoms with E-state index >= 15 is 0 Å². The molecular formula is C20H39N3O2. The number of likely N-dealkylation sites (tertiary alicyclic amines) is 1. The summed E-state index contributed by atoms with van der Waals surface area (Å²) in [6.45, 7) is 12.5. The monoisotopic (exact) mass is 353 g/mol. The molecule has 146 valence electrons. The van der Waals surface area contributed by atoms with Gasteiger partial charge in [0, 0.05) is 31.1 Å². The van der Waals surface area contributed by atoms with Crippen LogP contribution >= 0.6 is 0 Å². The molecule has 0 atom stereocenters. The Hall–Kier alpha value is -1.10. The normalized spacial score (nSPS) is 16.3. The number of nitrogens with zero attached hydrogens (tertiary/aromatic N) is 1. The highest BCUT2D eigenvalue weighted by Gasteiger charge is 2.23. The molecule has 1 heterocycles. The summed E-state index contributed by atoms with van der Waals surface area (Å²) >= 11 is 0. The number of piperidine rings is 1. The fourth-order valence-corrected chi connectivity index (χ4v) is 3.06. The van der Waals surface area contributed by atoms with Gasteiger partial charge >= 0.3 is 0 Å². The van der Waals surface area contributed by atoms with Crippen LogP contribution in [0.4, 0.5) is 0 Å². The van der Waals surface area contributed by atoms with E-state index in [1.807, 2.05) is 25.7 Å². The van der Waals surface area contributed by atoms with Crippen molar-refractivity contribution >= 4 is 11.8 Å². The van der Waals surface area contributed by atoms with Gasteiger partial charge in [-0.1, -0.05) is 33.1 Å². The van der Waals surface area contributed by atoms with E-state index in [-0.39, 0.29) is 23.4 Å². The fraction of sp³-hybridized carbons (Fsp3) is 0.900. The van der Waals surface area contributed by atoms with Crippen LogP contribution in [-0.4, -0.2) is 47.9 Å². The van der Waals surface area contributed by atoms with E-state index in [0.29, 0.717) is 13.0 Å². The molecule has 5 nitrogen and oxygen atoms in total. The fourth-order valence-electron chi connectivity index (χ4n) is 3.06. The van der Waals surface area contributed by atoms with Crippen molar-refractivity contribution in [2.24, 2.45) is 5.92 Å². The summed E-state index contributed by atoms with van der Waals surface area (Å²) in [5.41, 5.74) is -0.0533. The molecular weight excluding hydrogens is 314 g/mol. The quantitative estimate of drug-likeness (QED) is 0.626. The summed E-state index contributed by atoms with van der Waals surface area (Å²) in [7, 11) is 0. The number of rotatable bonds is 9. The Morgan fingerprint density at radius 3 is 2.28 bits per heavy atom. The maximum Gasteiger partial charge on any atom is 0.234 e. The minimum Gasteiger partial charge on any atom is -0.352 e. The molecule has 0 aromatic carbocycles. The average Bonchev–Trinajstić information content (AvgIpc) is 2.52. The minimum absolute atomic E-state index is 0.0462. The Balaban J connectivity index is 2.16. The first-order valence-electron chi connectivity index (χ1n) is 9.99. The molecule has 25 heavy (non-hydrogen) atoms. The van der Waals surface area contributed by atoms with Crippen LogP contribution in [0.2, 0.25) is 0 Å². The van der Waals surface area contributed by atoms with Gasteiger partial charge < -0.3 is 15.5 Å². The van der Waals surface area contributed by atoms with Crippen molar-refractivity contribution in [3.63, 3.8) is 0 Å². The van der Waals surface area contributed by atoms with Crippen LogP contribution in [0.15, 0.2) is 0 Å². The highest BCUT2D eigenvalue weighted by Crippen LogP contribution is 2.14. The van der Waals surface area contributed by atoms with Crippen molar-refractivity contribution < 1.29 is 9.59 Å². The molecule has 1 aliphatic heterocycles. The van der Waals surface area contributed by atoms with Crippen LogP contribution in [0.5, 0.6) is 0 Å². The van der Waals surface area contributed by atoms with Gasteiger partial charge in [-0.15, -0.1) is 0 Å². The third kappa shape index (κ3) is 10.5. The van der Waals surface area contributed by atoms with Gasteiger partial charge in [-0.25, -0.2) is 0 Å². The molecule has 0 aromatic heterocycles. The first-order valence-corrected chi connectivity index (χ1v) is 9.99. The SMILES string of the molecule is CC(C)CCCCCC(=O)N1CCC(NC(=O)CNC(C)(C)C)CC1. The summed E-state index contributed by atoms with van der Waals surface area (Å²) < 4.78 is 0. The summed E-state index contributed by atoms with van der Waals surface area (Å²) in [4.78, 5) is 26.2. The molecule has 0 unspecified atom stereocenters. The van der Waals surface area contributed by atoms with Crippen LogP contribution < -0.4 is 10.6 Å². The molecule has 0 bridgehead atoms. The molecule has 1 aliphatic rings. The van der Waals surface area contributed by atoms with Crippen molar-refractivity contribution in [3.8, 4) is 0 Å². The maximum atomic E-state index is 12.3. The average molecular weight is 354 g/mol. The van der Waals surface area contributed by atoms with Crippen molar-refractivity contribution in [2.75, 3.05) is 19.6 Å². The Bertz CT molecular complexity index is 408. The number of amides is 2. The summed E-state index contributed by atoms with van der Waals surface area (Å²) in [6.07, 6.45) is 7.02. The highest BCUT2D eigenvalue weighted by molar-refractivity contribution is 5.78. The van der Waals surface area contributed by atoms with E-state index in [0.717, 1.165) is 44.7 Å². The van der Waals surface area contributed by atoms with E-state index in [1.54, 1.807) is 0 Å². The molecule has 1 fully saturated rings. The highest BCUT2D eigenvalue weighted by atomic mass is 16.2. The predicted octanol–water partition coefficient (Wildman–Crippen LogP) is 3.09. The van der Waals surface area contributed by atoms with E-state index in [4.69, 9.17) is 0 Å². The van der Waals surface area contributed by atoms with Gasteiger partial charge in [0.25, 0.3) is 0 Å². The molecule has 0 aliphatic carbocycles. The summed E-state index contributed by atoms with van der Waals surface area (Å²) in [5, 5.41) is 6.28. The number of hydrogen-bond acceptors (Lipinski definition) is 3. The van der Waals surface area contributed by atoms with Gasteiger partial charge in [0.05, 0.1) is 6.54 Å². The van der Waals surface area contributed by atoms with Crippen molar-refractivity contribution in [1.29, 1.82) is 0 Å². The third-order valence-corrected chi connectivity index (χ3v) is 4.66. The van der Waals surface area contributed by atoms with Crippen LogP contribution in [-0.2, 0) is 9.59 Å². The molecule has 0 radical (unpaired) electrons.